The summed E-state index contributed by atoms with van der Waals surface area (Å²) in [4.78, 5) is 26.0. The number of aryl methyl sites for hydroxylation is 2. The standard InChI is InChI=1S/C18H25N3O3/c1-12-5-6-15(8-13(12)2)21-11-14(9-17(21)22)20-18(23)19-10-16-4-3-7-24-16/h5-6,8,14,16H,3-4,7,9-11H2,1-2H3,(H2,19,20,23)/t14-,16-/m0/s1. The zero-order chi connectivity index (χ0) is 17.1. The summed E-state index contributed by atoms with van der Waals surface area (Å²) in [5.74, 6) is 0.0441. The highest BCUT2D eigenvalue weighted by atomic mass is 16.5. The molecule has 0 bridgehead atoms. The Bertz CT molecular complexity index is 626. The lowest BCUT2D eigenvalue weighted by Gasteiger charge is -2.19. The maximum absolute atomic E-state index is 12.3. The summed E-state index contributed by atoms with van der Waals surface area (Å²) in [7, 11) is 0. The Hall–Kier alpha value is -2.08. The van der Waals surface area contributed by atoms with E-state index in [1.807, 2.05) is 32.0 Å². The molecule has 0 radical (unpaired) electrons. The van der Waals surface area contributed by atoms with Crippen molar-refractivity contribution in [3.05, 3.63) is 29.3 Å². The van der Waals surface area contributed by atoms with Gasteiger partial charge < -0.3 is 20.3 Å². The van der Waals surface area contributed by atoms with Gasteiger partial charge in [0.15, 0.2) is 0 Å². The van der Waals surface area contributed by atoms with Crippen LogP contribution in [0.3, 0.4) is 0 Å². The van der Waals surface area contributed by atoms with Gasteiger partial charge in [0.1, 0.15) is 0 Å². The largest absolute Gasteiger partial charge is 0.376 e. The van der Waals surface area contributed by atoms with E-state index in [0.717, 1.165) is 30.7 Å². The number of anilines is 1. The van der Waals surface area contributed by atoms with Gasteiger partial charge in [-0.1, -0.05) is 6.07 Å². The molecule has 1 aromatic rings. The zero-order valence-electron chi connectivity index (χ0n) is 14.3. The first-order valence-electron chi connectivity index (χ1n) is 8.56. The second-order valence-corrected chi connectivity index (χ2v) is 6.66. The molecule has 2 fully saturated rings. The average molecular weight is 331 g/mol. The van der Waals surface area contributed by atoms with Gasteiger partial charge in [-0.25, -0.2) is 4.79 Å². The van der Waals surface area contributed by atoms with Crippen molar-refractivity contribution in [1.82, 2.24) is 10.6 Å². The highest BCUT2D eigenvalue weighted by Gasteiger charge is 2.31. The van der Waals surface area contributed by atoms with E-state index in [2.05, 4.69) is 10.6 Å². The molecule has 24 heavy (non-hydrogen) atoms. The van der Waals surface area contributed by atoms with Crippen molar-refractivity contribution in [3.63, 3.8) is 0 Å². The quantitative estimate of drug-likeness (QED) is 0.885. The fourth-order valence-corrected chi connectivity index (χ4v) is 3.20. The van der Waals surface area contributed by atoms with E-state index in [1.165, 1.54) is 5.56 Å². The molecule has 3 amide bonds. The Labute approximate surface area is 142 Å². The zero-order valence-corrected chi connectivity index (χ0v) is 14.3. The van der Waals surface area contributed by atoms with Gasteiger partial charge in [0, 0.05) is 31.8 Å². The van der Waals surface area contributed by atoms with E-state index < -0.39 is 0 Å². The summed E-state index contributed by atoms with van der Waals surface area (Å²) in [6, 6.07) is 5.61. The third-order valence-electron chi connectivity index (χ3n) is 4.78. The van der Waals surface area contributed by atoms with Crippen molar-refractivity contribution in [2.24, 2.45) is 0 Å². The summed E-state index contributed by atoms with van der Waals surface area (Å²) >= 11 is 0. The van der Waals surface area contributed by atoms with Gasteiger partial charge in [0.2, 0.25) is 5.91 Å². The second kappa shape index (κ2) is 7.21. The third-order valence-corrected chi connectivity index (χ3v) is 4.78. The summed E-state index contributed by atoms with van der Waals surface area (Å²) in [6.07, 6.45) is 2.49. The predicted molar refractivity (Wildman–Crippen MR) is 92.2 cm³/mol. The van der Waals surface area contributed by atoms with Gasteiger partial charge in [-0.2, -0.15) is 0 Å². The van der Waals surface area contributed by atoms with Crippen LogP contribution in [-0.2, 0) is 9.53 Å². The maximum Gasteiger partial charge on any atom is 0.315 e. The van der Waals surface area contributed by atoms with Gasteiger partial charge in [-0.15, -0.1) is 0 Å². The van der Waals surface area contributed by atoms with Crippen LogP contribution in [0, 0.1) is 13.8 Å². The van der Waals surface area contributed by atoms with Crippen LogP contribution in [0.4, 0.5) is 10.5 Å². The number of benzene rings is 1. The van der Waals surface area contributed by atoms with Crippen molar-refractivity contribution in [2.75, 3.05) is 24.6 Å². The van der Waals surface area contributed by atoms with Crippen LogP contribution in [0.25, 0.3) is 0 Å². The first-order chi connectivity index (χ1) is 11.5. The molecule has 0 aromatic heterocycles. The van der Waals surface area contributed by atoms with Crippen LogP contribution < -0.4 is 15.5 Å². The lowest BCUT2D eigenvalue weighted by molar-refractivity contribution is -0.117. The molecule has 2 aliphatic heterocycles. The van der Waals surface area contributed by atoms with Crippen LogP contribution in [0.1, 0.15) is 30.4 Å². The van der Waals surface area contributed by atoms with Gasteiger partial charge in [-0.05, 0) is 49.9 Å². The highest BCUT2D eigenvalue weighted by Crippen LogP contribution is 2.24. The minimum Gasteiger partial charge on any atom is -0.376 e. The van der Waals surface area contributed by atoms with E-state index in [-0.39, 0.29) is 24.1 Å². The second-order valence-electron chi connectivity index (χ2n) is 6.66. The molecule has 0 unspecified atom stereocenters. The van der Waals surface area contributed by atoms with Crippen LogP contribution in [0.15, 0.2) is 18.2 Å². The molecular weight excluding hydrogens is 306 g/mol. The number of amides is 3. The minimum absolute atomic E-state index is 0.0441. The highest BCUT2D eigenvalue weighted by molar-refractivity contribution is 5.96. The topological polar surface area (TPSA) is 70.7 Å². The van der Waals surface area contributed by atoms with Crippen LogP contribution in [0.2, 0.25) is 0 Å². The fourth-order valence-electron chi connectivity index (χ4n) is 3.20. The minimum atomic E-state index is -0.231. The summed E-state index contributed by atoms with van der Waals surface area (Å²) in [5.41, 5.74) is 3.26. The Morgan fingerprint density at radius 2 is 2.17 bits per heavy atom. The van der Waals surface area contributed by atoms with Gasteiger partial charge in [0.05, 0.1) is 12.1 Å². The summed E-state index contributed by atoms with van der Waals surface area (Å²) in [6.45, 7) is 5.89. The van der Waals surface area contributed by atoms with Gasteiger partial charge in [-0.3, -0.25) is 4.79 Å². The Morgan fingerprint density at radius 1 is 1.33 bits per heavy atom. The molecule has 130 valence electrons. The maximum atomic E-state index is 12.3. The van der Waals surface area contributed by atoms with Crippen molar-refractivity contribution >= 4 is 17.6 Å². The van der Waals surface area contributed by atoms with E-state index in [1.54, 1.807) is 4.90 Å². The number of nitrogens with one attached hydrogen (secondary N) is 2. The molecule has 6 heteroatoms. The first kappa shape index (κ1) is 16.8. The number of nitrogens with zero attached hydrogens (tertiary/aromatic N) is 1. The van der Waals surface area contributed by atoms with Crippen LogP contribution in [0.5, 0.6) is 0 Å². The van der Waals surface area contributed by atoms with Crippen LogP contribution >= 0.6 is 0 Å². The van der Waals surface area contributed by atoms with Crippen molar-refractivity contribution in [1.29, 1.82) is 0 Å². The SMILES string of the molecule is Cc1ccc(N2C[C@@H](NC(=O)NC[C@@H]3CCCO3)CC2=O)cc1C. The molecule has 3 rings (SSSR count). The molecule has 2 N–H and O–H groups in total. The molecule has 0 spiro atoms. The van der Waals surface area contributed by atoms with Gasteiger partial charge >= 0.3 is 6.03 Å². The monoisotopic (exact) mass is 331 g/mol. The third kappa shape index (κ3) is 3.87. The lowest BCUT2D eigenvalue weighted by Crippen LogP contribution is -2.45. The Balaban J connectivity index is 1.52. The number of carbonyl (C=O) groups excluding carboxylic acids is 2. The van der Waals surface area contributed by atoms with E-state index in [9.17, 15) is 9.59 Å². The number of carbonyl (C=O) groups is 2. The molecular formula is C18H25N3O3. The molecule has 2 heterocycles. The first-order valence-corrected chi connectivity index (χ1v) is 8.56. The van der Waals surface area contributed by atoms with Crippen molar-refractivity contribution in [3.8, 4) is 0 Å². The van der Waals surface area contributed by atoms with Gasteiger partial charge in [0.25, 0.3) is 0 Å². The number of ether oxygens (including phenoxy) is 1. The van der Waals surface area contributed by atoms with E-state index in [0.29, 0.717) is 19.5 Å². The molecule has 1 aromatic carbocycles. The predicted octanol–water partition coefficient (Wildman–Crippen LogP) is 1.89. The van der Waals surface area contributed by atoms with Crippen molar-refractivity contribution < 1.29 is 14.3 Å². The summed E-state index contributed by atoms with van der Waals surface area (Å²) < 4.78 is 5.48. The molecule has 2 atom stereocenters. The molecule has 2 saturated heterocycles. The fraction of sp³-hybridized carbons (Fsp3) is 0.556. The number of hydrogen-bond donors (Lipinski definition) is 2. The average Bonchev–Trinajstić information content (AvgIpc) is 3.18. The Morgan fingerprint density at radius 3 is 2.88 bits per heavy atom. The Kier molecular flexibility index (Phi) is 5.04. The number of rotatable bonds is 4. The summed E-state index contributed by atoms with van der Waals surface area (Å²) in [5, 5.41) is 5.72. The number of urea groups is 1. The lowest BCUT2D eigenvalue weighted by atomic mass is 10.1. The molecule has 0 saturated carbocycles. The van der Waals surface area contributed by atoms with E-state index in [4.69, 9.17) is 4.74 Å². The van der Waals surface area contributed by atoms with Crippen LogP contribution in [-0.4, -0.2) is 43.8 Å². The van der Waals surface area contributed by atoms with E-state index >= 15 is 0 Å². The molecule has 6 nitrogen and oxygen atoms in total. The molecule has 2 aliphatic rings. The smallest absolute Gasteiger partial charge is 0.315 e. The molecule has 0 aliphatic carbocycles. The van der Waals surface area contributed by atoms with Crippen molar-refractivity contribution in [2.45, 2.75) is 45.3 Å². The number of hydrogen-bond acceptors (Lipinski definition) is 3. The normalized spacial score (nSPS) is 23.6.